The fraction of sp³-hybridized carbons (Fsp3) is 0.143. The first kappa shape index (κ1) is 12.3. The fourth-order valence-electron chi connectivity index (χ4n) is 2.13. The minimum Gasteiger partial charge on any atom is -0.369 e. The summed E-state index contributed by atoms with van der Waals surface area (Å²) in [5.74, 6) is -0.158. The zero-order valence-corrected chi connectivity index (χ0v) is 10.9. The Morgan fingerprint density at radius 3 is 2.75 bits per heavy atom. The third-order valence-corrected chi connectivity index (χ3v) is 3.48. The van der Waals surface area contributed by atoms with E-state index in [0.717, 1.165) is 10.9 Å². The summed E-state index contributed by atoms with van der Waals surface area (Å²) in [5.41, 5.74) is 5.78. The predicted molar refractivity (Wildman–Crippen MR) is 73.8 cm³/mol. The maximum absolute atomic E-state index is 12.0. The van der Waals surface area contributed by atoms with Gasteiger partial charge in [0.05, 0.1) is 5.39 Å². The molecule has 100 valence electrons. The Labute approximate surface area is 115 Å². The molecule has 0 aliphatic carbocycles. The molecular weight excluding hydrogens is 254 g/mol. The summed E-state index contributed by atoms with van der Waals surface area (Å²) in [7, 11) is 0. The number of H-pyrrole nitrogens is 1. The smallest absolute Gasteiger partial charge is 0.235 e. The number of benzene rings is 1. The Morgan fingerprint density at radius 2 is 2.05 bits per heavy atom. The number of hydrogen-bond donors (Lipinski definition) is 2. The number of carbonyl (C=O) groups excluding carboxylic acids is 1. The first-order valence-corrected chi connectivity index (χ1v) is 6.15. The summed E-state index contributed by atoms with van der Waals surface area (Å²) in [4.78, 5) is 20.6. The van der Waals surface area contributed by atoms with Gasteiger partial charge in [-0.25, -0.2) is 9.97 Å². The summed E-state index contributed by atoms with van der Waals surface area (Å²) < 4.78 is 0. The highest BCUT2D eigenvalue weighted by Gasteiger charge is 2.38. The Hall–Kier alpha value is -2.76. The molecule has 0 aliphatic heterocycles. The van der Waals surface area contributed by atoms with E-state index in [2.05, 4.69) is 20.2 Å². The average Bonchev–Trinajstić information content (AvgIpc) is 2.94. The highest BCUT2D eigenvalue weighted by molar-refractivity contribution is 5.89. The van der Waals surface area contributed by atoms with Gasteiger partial charge in [0.25, 0.3) is 0 Å². The van der Waals surface area contributed by atoms with Crippen molar-refractivity contribution in [1.82, 2.24) is 20.2 Å². The van der Waals surface area contributed by atoms with Crippen molar-refractivity contribution >= 4 is 16.9 Å². The first-order chi connectivity index (χ1) is 9.62. The number of primary amides is 1. The van der Waals surface area contributed by atoms with E-state index in [0.29, 0.717) is 11.5 Å². The topological polar surface area (TPSA) is 97.6 Å². The van der Waals surface area contributed by atoms with E-state index in [4.69, 9.17) is 5.73 Å². The Balaban J connectivity index is 2.22. The molecule has 0 saturated carbocycles. The number of aromatic nitrogens is 4. The molecule has 0 radical (unpaired) electrons. The Kier molecular flexibility index (Phi) is 2.71. The molecule has 0 fully saturated rings. The van der Waals surface area contributed by atoms with Gasteiger partial charge in [0.15, 0.2) is 11.5 Å². The first-order valence-electron chi connectivity index (χ1n) is 6.15. The highest BCUT2D eigenvalue weighted by Crippen LogP contribution is 2.29. The summed E-state index contributed by atoms with van der Waals surface area (Å²) in [5, 5.41) is 7.52. The number of aromatic amines is 1. The molecular formula is C14H13N5O. The van der Waals surface area contributed by atoms with Gasteiger partial charge in [0.2, 0.25) is 5.91 Å². The van der Waals surface area contributed by atoms with Gasteiger partial charge in [-0.2, -0.15) is 5.10 Å². The number of nitrogens with zero attached hydrogens (tertiary/aromatic N) is 3. The van der Waals surface area contributed by atoms with Crippen molar-refractivity contribution in [1.29, 1.82) is 0 Å². The highest BCUT2D eigenvalue weighted by atomic mass is 16.1. The van der Waals surface area contributed by atoms with Crippen molar-refractivity contribution in [3.05, 3.63) is 54.1 Å². The molecule has 1 unspecified atom stereocenters. The summed E-state index contributed by atoms with van der Waals surface area (Å²) in [6, 6.07) is 9.25. The lowest BCUT2D eigenvalue weighted by Crippen LogP contribution is -2.41. The number of carbonyl (C=O) groups is 1. The molecule has 6 nitrogen and oxygen atoms in total. The second-order valence-corrected chi connectivity index (χ2v) is 4.71. The van der Waals surface area contributed by atoms with Crippen LogP contribution in [0, 0.1) is 0 Å². The second kappa shape index (κ2) is 4.41. The third-order valence-electron chi connectivity index (χ3n) is 3.48. The minimum absolute atomic E-state index is 0.343. The van der Waals surface area contributed by atoms with Gasteiger partial charge >= 0.3 is 0 Å². The van der Waals surface area contributed by atoms with Gasteiger partial charge in [-0.3, -0.25) is 9.89 Å². The van der Waals surface area contributed by atoms with Gasteiger partial charge in [-0.1, -0.05) is 30.3 Å². The molecule has 3 rings (SSSR count). The molecule has 3 N–H and O–H groups in total. The van der Waals surface area contributed by atoms with Crippen LogP contribution in [-0.2, 0) is 10.2 Å². The lowest BCUT2D eigenvalue weighted by atomic mass is 9.81. The zero-order chi connectivity index (χ0) is 14.2. The van der Waals surface area contributed by atoms with E-state index in [1.54, 1.807) is 19.3 Å². The Morgan fingerprint density at radius 1 is 1.30 bits per heavy atom. The van der Waals surface area contributed by atoms with Crippen molar-refractivity contribution in [3.8, 4) is 0 Å². The van der Waals surface area contributed by atoms with E-state index in [-0.39, 0.29) is 0 Å². The lowest BCUT2D eigenvalue weighted by molar-refractivity contribution is -0.121. The maximum atomic E-state index is 12.0. The van der Waals surface area contributed by atoms with Crippen LogP contribution in [0.5, 0.6) is 0 Å². The van der Waals surface area contributed by atoms with Crippen LogP contribution in [0.2, 0.25) is 0 Å². The number of fused-ring (bicyclic) bond motifs is 1. The van der Waals surface area contributed by atoms with E-state index in [1.165, 1.54) is 0 Å². The largest absolute Gasteiger partial charge is 0.369 e. The average molecular weight is 267 g/mol. The van der Waals surface area contributed by atoms with Crippen LogP contribution in [0.15, 0.2) is 42.7 Å². The summed E-state index contributed by atoms with van der Waals surface area (Å²) in [6.45, 7) is 1.72. The third kappa shape index (κ3) is 1.73. The molecule has 1 aromatic carbocycles. The lowest BCUT2D eigenvalue weighted by Gasteiger charge is -2.24. The normalized spacial score (nSPS) is 14.1. The minimum atomic E-state index is -1.09. The molecule has 3 aromatic rings. The van der Waals surface area contributed by atoms with Gasteiger partial charge in [0.1, 0.15) is 5.41 Å². The molecule has 0 saturated heterocycles. The SMILES string of the molecule is CC(C(N)=O)(c1ccccc1)c1ncc2c[nH]nc2n1. The van der Waals surface area contributed by atoms with E-state index < -0.39 is 11.3 Å². The van der Waals surface area contributed by atoms with Crippen molar-refractivity contribution in [2.24, 2.45) is 5.73 Å². The quantitative estimate of drug-likeness (QED) is 0.743. The van der Waals surface area contributed by atoms with Crippen molar-refractivity contribution in [2.45, 2.75) is 12.3 Å². The van der Waals surface area contributed by atoms with Crippen molar-refractivity contribution in [2.75, 3.05) is 0 Å². The molecule has 6 heteroatoms. The van der Waals surface area contributed by atoms with Gasteiger partial charge in [-0.15, -0.1) is 0 Å². The van der Waals surface area contributed by atoms with Crippen LogP contribution in [0.4, 0.5) is 0 Å². The van der Waals surface area contributed by atoms with E-state index in [1.807, 2.05) is 30.3 Å². The molecule has 0 bridgehead atoms. The molecule has 20 heavy (non-hydrogen) atoms. The number of nitrogens with two attached hydrogens (primary N) is 1. The standard InChI is InChI=1S/C14H13N5O/c1-14(12(15)20,10-5-3-2-4-6-10)13-16-7-9-8-17-19-11(9)18-13/h2-8H,1H3,(H2,15,20)(H,16,17,18,19). The number of rotatable bonds is 3. The van der Waals surface area contributed by atoms with Gasteiger partial charge in [0, 0.05) is 12.4 Å². The molecule has 2 heterocycles. The van der Waals surface area contributed by atoms with Crippen LogP contribution in [0.3, 0.4) is 0 Å². The molecule has 0 spiro atoms. The van der Waals surface area contributed by atoms with Crippen LogP contribution in [-0.4, -0.2) is 26.1 Å². The van der Waals surface area contributed by atoms with Gasteiger partial charge in [-0.05, 0) is 12.5 Å². The zero-order valence-electron chi connectivity index (χ0n) is 10.9. The van der Waals surface area contributed by atoms with Crippen LogP contribution >= 0.6 is 0 Å². The summed E-state index contributed by atoms with van der Waals surface area (Å²) >= 11 is 0. The maximum Gasteiger partial charge on any atom is 0.235 e. The summed E-state index contributed by atoms with van der Waals surface area (Å²) in [6.07, 6.45) is 3.33. The van der Waals surface area contributed by atoms with Gasteiger partial charge < -0.3 is 5.73 Å². The monoisotopic (exact) mass is 267 g/mol. The number of hydrogen-bond acceptors (Lipinski definition) is 4. The fourth-order valence-corrected chi connectivity index (χ4v) is 2.13. The van der Waals surface area contributed by atoms with Crippen molar-refractivity contribution < 1.29 is 4.79 Å². The second-order valence-electron chi connectivity index (χ2n) is 4.71. The number of nitrogens with one attached hydrogen (secondary N) is 1. The van der Waals surface area contributed by atoms with Crippen LogP contribution in [0.1, 0.15) is 18.3 Å². The van der Waals surface area contributed by atoms with E-state index >= 15 is 0 Å². The molecule has 0 aliphatic rings. The van der Waals surface area contributed by atoms with Crippen molar-refractivity contribution in [3.63, 3.8) is 0 Å². The van der Waals surface area contributed by atoms with Crippen LogP contribution < -0.4 is 5.73 Å². The molecule has 1 amide bonds. The predicted octanol–water partition coefficient (Wildman–Crippen LogP) is 1.14. The molecule has 1 atom stereocenters. The van der Waals surface area contributed by atoms with Crippen LogP contribution in [0.25, 0.3) is 11.0 Å². The van der Waals surface area contributed by atoms with E-state index in [9.17, 15) is 4.79 Å². The Bertz CT molecular complexity index is 767. The number of amides is 1. The molecule has 2 aromatic heterocycles.